The highest BCUT2D eigenvalue weighted by Crippen LogP contribution is 2.28. The molecule has 1 aromatic carbocycles. The van der Waals surface area contributed by atoms with Crippen LogP contribution in [0.2, 0.25) is 0 Å². The number of amides is 1. The number of nitrogens with one attached hydrogen (secondary N) is 1. The van der Waals surface area contributed by atoms with Crippen LogP contribution in [0, 0.1) is 6.92 Å². The highest BCUT2D eigenvalue weighted by Gasteiger charge is 2.27. The Morgan fingerprint density at radius 3 is 2.56 bits per heavy atom. The Bertz CT molecular complexity index is 706. The lowest BCUT2D eigenvalue weighted by Crippen LogP contribution is -2.46. The van der Waals surface area contributed by atoms with Crippen LogP contribution in [0.25, 0.3) is 0 Å². The van der Waals surface area contributed by atoms with Gasteiger partial charge in [-0.3, -0.25) is 4.79 Å². The lowest BCUT2D eigenvalue weighted by Gasteiger charge is -2.20. The minimum absolute atomic E-state index is 0.202. The maximum Gasteiger partial charge on any atom is 0.328 e. The third-order valence-corrected chi connectivity index (χ3v) is 5.79. The number of nitrogens with zero attached hydrogens (tertiary/aromatic N) is 2. The molecule has 6 nitrogen and oxygen atoms in total. The topological polar surface area (TPSA) is 81.2 Å². The van der Waals surface area contributed by atoms with Crippen molar-refractivity contribution in [1.29, 1.82) is 0 Å². The van der Waals surface area contributed by atoms with E-state index in [4.69, 9.17) is 4.74 Å². The Morgan fingerprint density at radius 2 is 2.00 bits per heavy atom. The minimum Gasteiger partial charge on any atom is -0.467 e. The van der Waals surface area contributed by atoms with Gasteiger partial charge in [-0.1, -0.05) is 60.4 Å². The van der Waals surface area contributed by atoms with Gasteiger partial charge < -0.3 is 10.1 Å². The van der Waals surface area contributed by atoms with Gasteiger partial charge in [-0.05, 0) is 18.9 Å². The zero-order valence-electron chi connectivity index (χ0n) is 14.4. The molecule has 1 aromatic heterocycles. The van der Waals surface area contributed by atoms with Gasteiger partial charge in [0.2, 0.25) is 5.91 Å². The molecule has 0 saturated heterocycles. The molecule has 0 radical (unpaired) electrons. The lowest BCUT2D eigenvalue weighted by atomic mass is 10.1. The molecule has 0 aliphatic rings. The molecule has 1 N–H and O–H groups in total. The number of aromatic nitrogens is 2. The first kappa shape index (κ1) is 19.4. The maximum atomic E-state index is 12.6. The van der Waals surface area contributed by atoms with Gasteiger partial charge in [0, 0.05) is 6.42 Å². The molecule has 0 aliphatic heterocycles. The Morgan fingerprint density at radius 1 is 1.28 bits per heavy atom. The zero-order valence-corrected chi connectivity index (χ0v) is 16.0. The van der Waals surface area contributed by atoms with Gasteiger partial charge in [0.15, 0.2) is 4.34 Å². The standard InChI is InChI=1S/C17H21N3O3S2/c1-4-14(25-17-20-19-11(2)24-17)15(21)18-13(16(22)23-3)10-12-8-6-5-7-9-12/h5-9,13-14H,4,10H2,1-3H3,(H,18,21). The first-order valence-electron chi connectivity index (χ1n) is 7.92. The highest BCUT2D eigenvalue weighted by atomic mass is 32.2. The summed E-state index contributed by atoms with van der Waals surface area (Å²) in [5, 5.41) is 11.3. The van der Waals surface area contributed by atoms with E-state index in [0.717, 1.165) is 14.9 Å². The monoisotopic (exact) mass is 379 g/mol. The van der Waals surface area contributed by atoms with Crippen LogP contribution in [0.15, 0.2) is 34.7 Å². The van der Waals surface area contributed by atoms with Crippen molar-refractivity contribution in [3.63, 3.8) is 0 Å². The van der Waals surface area contributed by atoms with Crippen LogP contribution in [-0.2, 0) is 20.7 Å². The van der Waals surface area contributed by atoms with Crippen LogP contribution in [0.4, 0.5) is 0 Å². The molecule has 0 saturated carbocycles. The first-order valence-corrected chi connectivity index (χ1v) is 9.62. The summed E-state index contributed by atoms with van der Waals surface area (Å²) in [6.45, 7) is 3.80. The van der Waals surface area contributed by atoms with E-state index in [0.29, 0.717) is 12.8 Å². The van der Waals surface area contributed by atoms with E-state index in [-0.39, 0.29) is 11.2 Å². The first-order chi connectivity index (χ1) is 12.0. The Kier molecular flexibility index (Phi) is 7.39. The van der Waals surface area contributed by atoms with Crippen LogP contribution in [0.3, 0.4) is 0 Å². The van der Waals surface area contributed by atoms with Crippen LogP contribution in [0.1, 0.15) is 23.9 Å². The molecule has 2 rings (SSSR count). The third-order valence-electron chi connectivity index (χ3n) is 3.50. The molecule has 1 heterocycles. The Balaban J connectivity index is 2.04. The molecule has 134 valence electrons. The van der Waals surface area contributed by atoms with Gasteiger partial charge in [0.25, 0.3) is 0 Å². The van der Waals surface area contributed by atoms with Gasteiger partial charge in [-0.25, -0.2) is 4.79 Å². The highest BCUT2D eigenvalue weighted by molar-refractivity contribution is 8.02. The van der Waals surface area contributed by atoms with Gasteiger partial charge >= 0.3 is 5.97 Å². The number of hydrogen-bond acceptors (Lipinski definition) is 7. The second kappa shape index (κ2) is 9.53. The Hall–Kier alpha value is -1.93. The SMILES string of the molecule is CCC(Sc1nnc(C)s1)C(=O)NC(Cc1ccccc1)C(=O)OC. The fraction of sp³-hybridized carbons (Fsp3) is 0.412. The predicted octanol–water partition coefficient (Wildman–Crippen LogP) is 2.62. The molecule has 2 unspecified atom stereocenters. The van der Waals surface area contributed by atoms with Gasteiger partial charge in [0.1, 0.15) is 11.0 Å². The van der Waals surface area contributed by atoms with Crippen LogP contribution in [0.5, 0.6) is 0 Å². The number of carbonyl (C=O) groups excluding carboxylic acids is 2. The second-order valence-electron chi connectivity index (χ2n) is 5.38. The van der Waals surface area contributed by atoms with Crippen molar-refractivity contribution in [2.45, 2.75) is 42.3 Å². The van der Waals surface area contributed by atoms with Crippen LogP contribution >= 0.6 is 23.1 Å². The minimum atomic E-state index is -0.717. The van der Waals surface area contributed by atoms with Gasteiger partial charge in [-0.15, -0.1) is 10.2 Å². The van der Waals surface area contributed by atoms with Crippen molar-refractivity contribution in [3.8, 4) is 0 Å². The smallest absolute Gasteiger partial charge is 0.328 e. The normalized spacial score (nSPS) is 13.1. The second-order valence-corrected chi connectivity index (χ2v) is 8.01. The van der Waals surface area contributed by atoms with Crippen molar-refractivity contribution in [3.05, 3.63) is 40.9 Å². The predicted molar refractivity (Wildman–Crippen MR) is 98.7 cm³/mol. The summed E-state index contributed by atoms with van der Waals surface area (Å²) in [5.74, 6) is -0.657. The largest absolute Gasteiger partial charge is 0.467 e. The van der Waals surface area contributed by atoms with Crippen LogP contribution in [-0.4, -0.2) is 40.5 Å². The number of ether oxygens (including phenoxy) is 1. The van der Waals surface area contributed by atoms with E-state index in [1.54, 1.807) is 0 Å². The van der Waals surface area contributed by atoms with Gasteiger partial charge in [0.05, 0.1) is 12.4 Å². The number of carbonyl (C=O) groups is 2. The summed E-state index contributed by atoms with van der Waals surface area (Å²) in [5.41, 5.74) is 0.957. The molecule has 0 fully saturated rings. The molecule has 2 aromatic rings. The fourth-order valence-corrected chi connectivity index (χ4v) is 4.21. The molecule has 2 atom stereocenters. The average molecular weight is 380 g/mol. The van der Waals surface area contributed by atoms with Gasteiger partial charge in [-0.2, -0.15) is 0 Å². The third kappa shape index (κ3) is 5.82. The summed E-state index contributed by atoms with van der Waals surface area (Å²) >= 11 is 2.82. The van der Waals surface area contributed by atoms with Crippen molar-refractivity contribution >= 4 is 35.0 Å². The van der Waals surface area contributed by atoms with Crippen molar-refractivity contribution in [2.24, 2.45) is 0 Å². The number of hydrogen-bond donors (Lipinski definition) is 1. The zero-order chi connectivity index (χ0) is 18.2. The van der Waals surface area contributed by atoms with Crippen molar-refractivity contribution in [2.75, 3.05) is 7.11 Å². The molecule has 0 bridgehead atoms. The quantitative estimate of drug-likeness (QED) is 0.561. The Labute approximate surface area is 155 Å². The van der Waals surface area contributed by atoms with E-state index in [9.17, 15) is 9.59 Å². The summed E-state index contributed by atoms with van der Waals surface area (Å²) in [6.07, 6.45) is 1.01. The van der Waals surface area contributed by atoms with E-state index in [2.05, 4.69) is 15.5 Å². The van der Waals surface area contributed by atoms with Crippen LogP contribution < -0.4 is 5.32 Å². The number of esters is 1. The average Bonchev–Trinajstić information content (AvgIpc) is 3.04. The molecule has 1 amide bonds. The summed E-state index contributed by atoms with van der Waals surface area (Å²) in [4.78, 5) is 24.7. The molecular formula is C17H21N3O3S2. The van der Waals surface area contributed by atoms with E-state index >= 15 is 0 Å². The number of thioether (sulfide) groups is 1. The molecular weight excluding hydrogens is 358 g/mol. The summed E-state index contributed by atoms with van der Waals surface area (Å²) in [6, 6.07) is 8.81. The van der Waals surface area contributed by atoms with E-state index in [1.807, 2.05) is 44.2 Å². The number of rotatable bonds is 8. The van der Waals surface area contributed by atoms with Crippen molar-refractivity contribution < 1.29 is 14.3 Å². The molecule has 25 heavy (non-hydrogen) atoms. The number of aryl methyl sites for hydroxylation is 1. The van der Waals surface area contributed by atoms with Crippen molar-refractivity contribution in [1.82, 2.24) is 15.5 Å². The number of benzene rings is 1. The molecule has 0 spiro atoms. The molecule has 8 heteroatoms. The fourth-order valence-electron chi connectivity index (χ4n) is 2.22. The summed E-state index contributed by atoms with van der Waals surface area (Å²) < 4.78 is 5.59. The van der Waals surface area contributed by atoms with E-state index < -0.39 is 12.0 Å². The number of methoxy groups -OCH3 is 1. The summed E-state index contributed by atoms with van der Waals surface area (Å²) in [7, 11) is 1.32. The van der Waals surface area contributed by atoms with E-state index in [1.165, 1.54) is 30.2 Å². The maximum absolute atomic E-state index is 12.6. The molecule has 0 aliphatic carbocycles. The lowest BCUT2D eigenvalue weighted by molar-refractivity contribution is -0.145.